The molecule has 1 aliphatic heterocycles. The smallest absolute Gasteiger partial charge is 0.142 e. The number of benzene rings is 1. The van der Waals surface area contributed by atoms with Crippen molar-refractivity contribution in [3.63, 3.8) is 0 Å². The van der Waals surface area contributed by atoms with Crippen LogP contribution >= 0.6 is 0 Å². The van der Waals surface area contributed by atoms with Crippen molar-refractivity contribution in [3.05, 3.63) is 30.3 Å². The Labute approximate surface area is 110 Å². The first-order chi connectivity index (χ1) is 9.29. The quantitative estimate of drug-likeness (QED) is 0.898. The molecule has 0 bridgehead atoms. The summed E-state index contributed by atoms with van der Waals surface area (Å²) in [6.45, 7) is 1.73. The molecule has 1 aliphatic rings. The highest BCUT2D eigenvalue weighted by Crippen LogP contribution is 2.28. The molecule has 0 radical (unpaired) electrons. The molecule has 1 fully saturated rings. The van der Waals surface area contributed by atoms with Crippen molar-refractivity contribution in [2.45, 2.75) is 12.8 Å². The minimum absolute atomic E-state index is 0.169. The average molecular weight is 261 g/mol. The third kappa shape index (κ3) is 2.26. The van der Waals surface area contributed by atoms with Gasteiger partial charge in [0.15, 0.2) is 0 Å². The van der Waals surface area contributed by atoms with E-state index in [1.807, 2.05) is 0 Å². The molecule has 1 N–H and O–H groups in total. The number of aliphatic hydroxyl groups excluding tert-OH is 1. The Morgan fingerprint density at radius 2 is 2.26 bits per heavy atom. The van der Waals surface area contributed by atoms with Gasteiger partial charge in [-0.1, -0.05) is 6.07 Å². The Hall–Kier alpha value is -1.75. The molecule has 2 heterocycles. The molecule has 1 aromatic carbocycles. The van der Waals surface area contributed by atoms with Crippen molar-refractivity contribution in [2.75, 3.05) is 24.6 Å². The molecule has 0 amide bonds. The number of hydrogen-bond donors (Lipinski definition) is 1. The summed E-state index contributed by atoms with van der Waals surface area (Å²) in [5.74, 6) is 0.589. The van der Waals surface area contributed by atoms with Gasteiger partial charge in [-0.3, -0.25) is 0 Å². The fourth-order valence-electron chi connectivity index (χ4n) is 2.70. The minimum atomic E-state index is -0.292. The van der Waals surface area contributed by atoms with E-state index in [2.05, 4.69) is 14.9 Å². The van der Waals surface area contributed by atoms with Crippen LogP contribution in [0.25, 0.3) is 10.9 Å². The number of halogens is 1. The third-order valence-electron chi connectivity index (χ3n) is 3.67. The molecule has 1 atom stereocenters. The van der Waals surface area contributed by atoms with Crippen LogP contribution in [0.5, 0.6) is 0 Å². The van der Waals surface area contributed by atoms with Crippen LogP contribution in [-0.2, 0) is 0 Å². The van der Waals surface area contributed by atoms with Crippen LogP contribution in [0, 0.1) is 11.7 Å². The van der Waals surface area contributed by atoms with E-state index in [0.717, 1.165) is 25.9 Å². The molecule has 19 heavy (non-hydrogen) atoms. The summed E-state index contributed by atoms with van der Waals surface area (Å²) in [5, 5.41) is 9.77. The van der Waals surface area contributed by atoms with E-state index in [4.69, 9.17) is 0 Å². The summed E-state index contributed by atoms with van der Waals surface area (Å²) >= 11 is 0. The first-order valence-electron chi connectivity index (χ1n) is 6.54. The van der Waals surface area contributed by atoms with Crippen LogP contribution in [0.1, 0.15) is 12.8 Å². The van der Waals surface area contributed by atoms with E-state index in [1.165, 1.54) is 12.4 Å². The van der Waals surface area contributed by atoms with Crippen molar-refractivity contribution in [3.8, 4) is 0 Å². The van der Waals surface area contributed by atoms with Crippen molar-refractivity contribution in [2.24, 2.45) is 5.92 Å². The maximum atomic E-state index is 14.0. The largest absolute Gasteiger partial charge is 0.396 e. The minimum Gasteiger partial charge on any atom is -0.396 e. The number of hydrogen-bond acceptors (Lipinski definition) is 4. The topological polar surface area (TPSA) is 49.2 Å². The van der Waals surface area contributed by atoms with Crippen LogP contribution in [0.3, 0.4) is 0 Å². The van der Waals surface area contributed by atoms with E-state index < -0.39 is 0 Å². The number of aliphatic hydroxyl groups is 1. The lowest BCUT2D eigenvalue weighted by atomic mass is 9.99. The van der Waals surface area contributed by atoms with Crippen molar-refractivity contribution >= 4 is 16.7 Å². The van der Waals surface area contributed by atoms with Crippen LogP contribution in [0.15, 0.2) is 24.5 Å². The summed E-state index contributed by atoms with van der Waals surface area (Å²) in [7, 11) is 0. The zero-order valence-electron chi connectivity index (χ0n) is 10.6. The van der Waals surface area contributed by atoms with Crippen molar-refractivity contribution < 1.29 is 9.50 Å². The lowest BCUT2D eigenvalue weighted by molar-refractivity contribution is 0.208. The summed E-state index contributed by atoms with van der Waals surface area (Å²) in [6, 6.07) is 4.88. The van der Waals surface area contributed by atoms with E-state index in [1.54, 1.807) is 12.1 Å². The first-order valence-corrected chi connectivity index (χ1v) is 6.54. The number of aromatic nitrogens is 2. The zero-order valence-corrected chi connectivity index (χ0v) is 10.6. The van der Waals surface area contributed by atoms with Gasteiger partial charge < -0.3 is 10.0 Å². The van der Waals surface area contributed by atoms with Crippen molar-refractivity contribution in [1.82, 2.24) is 9.97 Å². The van der Waals surface area contributed by atoms with Gasteiger partial charge in [-0.05, 0) is 30.9 Å². The van der Waals surface area contributed by atoms with Gasteiger partial charge in [-0.25, -0.2) is 14.4 Å². The van der Waals surface area contributed by atoms with Gasteiger partial charge in [0.2, 0.25) is 0 Å². The lowest BCUT2D eigenvalue weighted by Gasteiger charge is -2.33. The molecule has 1 unspecified atom stereocenters. The molecule has 0 aliphatic carbocycles. The standard InChI is InChI=1S/C14H16FN3O/c15-11-4-1-5-12-13(11)14(17-9-16-12)18-6-2-3-10(7-18)8-19/h1,4-5,9-10,19H,2-3,6-8H2. The van der Waals surface area contributed by atoms with Crippen LogP contribution < -0.4 is 4.90 Å². The second-order valence-electron chi connectivity index (χ2n) is 4.97. The average Bonchev–Trinajstić information content (AvgIpc) is 2.47. The summed E-state index contributed by atoms with van der Waals surface area (Å²) < 4.78 is 14.0. The predicted molar refractivity (Wildman–Crippen MR) is 71.5 cm³/mol. The number of rotatable bonds is 2. The van der Waals surface area contributed by atoms with Crippen molar-refractivity contribution in [1.29, 1.82) is 0 Å². The Morgan fingerprint density at radius 3 is 3.11 bits per heavy atom. The van der Waals surface area contributed by atoms with Gasteiger partial charge in [0, 0.05) is 19.7 Å². The number of anilines is 1. The van der Waals surface area contributed by atoms with E-state index >= 15 is 0 Å². The van der Waals surface area contributed by atoms with E-state index in [-0.39, 0.29) is 18.3 Å². The third-order valence-corrected chi connectivity index (χ3v) is 3.67. The normalized spacial score (nSPS) is 19.9. The number of piperidine rings is 1. The van der Waals surface area contributed by atoms with E-state index in [0.29, 0.717) is 16.7 Å². The molecule has 0 saturated carbocycles. The lowest BCUT2D eigenvalue weighted by Crippen LogP contribution is -2.37. The first kappa shape index (κ1) is 12.3. The Morgan fingerprint density at radius 1 is 1.37 bits per heavy atom. The Balaban J connectivity index is 2.05. The second kappa shape index (κ2) is 5.09. The van der Waals surface area contributed by atoms with Gasteiger partial charge in [0.25, 0.3) is 0 Å². The zero-order chi connectivity index (χ0) is 13.2. The van der Waals surface area contributed by atoms with Gasteiger partial charge >= 0.3 is 0 Å². The molecule has 2 aromatic rings. The number of nitrogens with zero attached hydrogens (tertiary/aromatic N) is 3. The molecular formula is C14H16FN3O. The predicted octanol–water partition coefficient (Wildman–Crippen LogP) is 1.98. The van der Waals surface area contributed by atoms with Gasteiger partial charge in [-0.2, -0.15) is 0 Å². The van der Waals surface area contributed by atoms with Gasteiger partial charge in [0.05, 0.1) is 10.9 Å². The molecular weight excluding hydrogens is 245 g/mol. The molecule has 100 valence electrons. The summed E-state index contributed by atoms with van der Waals surface area (Å²) in [4.78, 5) is 10.4. The summed E-state index contributed by atoms with van der Waals surface area (Å²) in [5.41, 5.74) is 0.621. The molecule has 3 rings (SSSR count). The van der Waals surface area contributed by atoms with Gasteiger partial charge in [-0.15, -0.1) is 0 Å². The Kier molecular flexibility index (Phi) is 3.29. The fourth-order valence-corrected chi connectivity index (χ4v) is 2.70. The van der Waals surface area contributed by atoms with E-state index in [9.17, 15) is 9.50 Å². The van der Waals surface area contributed by atoms with Crippen LogP contribution in [0.4, 0.5) is 10.2 Å². The molecule has 1 saturated heterocycles. The maximum Gasteiger partial charge on any atom is 0.142 e. The Bertz CT molecular complexity index is 585. The monoisotopic (exact) mass is 261 g/mol. The highest BCUT2D eigenvalue weighted by atomic mass is 19.1. The van der Waals surface area contributed by atoms with Gasteiger partial charge in [0.1, 0.15) is 18.0 Å². The molecule has 1 aromatic heterocycles. The maximum absolute atomic E-state index is 14.0. The molecule has 5 heteroatoms. The van der Waals surface area contributed by atoms with Crippen LogP contribution in [-0.4, -0.2) is 34.8 Å². The number of fused-ring (bicyclic) bond motifs is 1. The molecule has 0 spiro atoms. The molecule has 4 nitrogen and oxygen atoms in total. The highest BCUT2D eigenvalue weighted by molar-refractivity contribution is 5.89. The summed E-state index contributed by atoms with van der Waals surface area (Å²) in [6.07, 6.45) is 3.48. The second-order valence-corrected chi connectivity index (χ2v) is 4.97. The SMILES string of the molecule is OCC1CCCN(c2ncnc3cccc(F)c23)C1. The fraction of sp³-hybridized carbons (Fsp3) is 0.429. The van der Waals surface area contributed by atoms with Crippen LogP contribution in [0.2, 0.25) is 0 Å². The highest BCUT2D eigenvalue weighted by Gasteiger charge is 2.22.